The molecule has 0 aromatic heterocycles. The third-order valence-corrected chi connectivity index (χ3v) is 4.35. The minimum atomic E-state index is -3.04. The summed E-state index contributed by atoms with van der Waals surface area (Å²) >= 11 is 0. The largest absolute Gasteiger partial charge is 0.274 e. The third-order valence-electron chi connectivity index (χ3n) is 2.13. The number of sulfonamides is 1. The molecule has 1 fully saturated rings. The minimum Gasteiger partial charge on any atom is -0.274 e. The number of nitrogens with zero attached hydrogens (tertiary/aromatic N) is 1. The monoisotopic (exact) mass is 189 g/mol. The van der Waals surface area contributed by atoms with Crippen LogP contribution in [0.4, 0.5) is 0 Å². The molecule has 4 heteroatoms. The predicted molar refractivity (Wildman–Crippen MR) is 49.1 cm³/mol. The van der Waals surface area contributed by atoms with Gasteiger partial charge >= 0.3 is 0 Å². The van der Waals surface area contributed by atoms with Crippen molar-refractivity contribution in [3.05, 3.63) is 11.8 Å². The molecule has 0 aromatic carbocycles. The van der Waals surface area contributed by atoms with Crippen LogP contribution in [0.5, 0.6) is 0 Å². The van der Waals surface area contributed by atoms with Gasteiger partial charge in [0.15, 0.2) is 0 Å². The topological polar surface area (TPSA) is 37.4 Å². The van der Waals surface area contributed by atoms with E-state index in [9.17, 15) is 8.42 Å². The van der Waals surface area contributed by atoms with Crippen LogP contribution in [0.2, 0.25) is 0 Å². The summed E-state index contributed by atoms with van der Waals surface area (Å²) in [5.41, 5.74) is 0.934. The van der Waals surface area contributed by atoms with Crippen LogP contribution in [0.25, 0.3) is 0 Å². The Labute approximate surface area is 74.1 Å². The zero-order valence-corrected chi connectivity index (χ0v) is 8.56. The van der Waals surface area contributed by atoms with E-state index in [1.165, 1.54) is 4.31 Å². The van der Waals surface area contributed by atoms with Crippen molar-refractivity contribution in [2.24, 2.45) is 0 Å². The van der Waals surface area contributed by atoms with Gasteiger partial charge in [-0.2, -0.15) is 0 Å². The first kappa shape index (κ1) is 9.58. The molecule has 1 rings (SSSR count). The Hall–Kier alpha value is -0.510. The molecule has 0 aromatic rings. The summed E-state index contributed by atoms with van der Waals surface area (Å²) in [6.45, 7) is 5.94. The second kappa shape index (κ2) is 3.09. The zero-order chi connectivity index (χ0) is 9.35. The normalized spacial score (nSPS) is 21.7. The Morgan fingerprint density at radius 3 is 2.33 bits per heavy atom. The summed E-state index contributed by atoms with van der Waals surface area (Å²) in [6, 6.07) is 0. The molecule has 0 unspecified atom stereocenters. The van der Waals surface area contributed by atoms with Crippen LogP contribution in [0, 0.1) is 0 Å². The van der Waals surface area contributed by atoms with E-state index >= 15 is 0 Å². The molecule has 0 atom stereocenters. The Kier molecular flexibility index (Phi) is 2.46. The van der Waals surface area contributed by atoms with E-state index in [2.05, 4.69) is 0 Å². The lowest BCUT2D eigenvalue weighted by Gasteiger charge is -2.36. The molecule has 1 aliphatic heterocycles. The van der Waals surface area contributed by atoms with Gasteiger partial charge in [-0.25, -0.2) is 8.42 Å². The van der Waals surface area contributed by atoms with E-state index < -0.39 is 10.0 Å². The highest BCUT2D eigenvalue weighted by atomic mass is 32.2. The fraction of sp³-hybridized carbons (Fsp3) is 0.750. The van der Waals surface area contributed by atoms with Crippen molar-refractivity contribution in [2.45, 2.75) is 32.4 Å². The van der Waals surface area contributed by atoms with Gasteiger partial charge in [0.05, 0.1) is 5.25 Å². The van der Waals surface area contributed by atoms with Gasteiger partial charge in [0.2, 0.25) is 10.0 Å². The first-order chi connectivity index (χ1) is 5.50. The van der Waals surface area contributed by atoms with Gasteiger partial charge in [-0.15, -0.1) is 0 Å². The highest BCUT2D eigenvalue weighted by Crippen LogP contribution is 2.27. The zero-order valence-electron chi connectivity index (χ0n) is 7.74. The van der Waals surface area contributed by atoms with Crippen LogP contribution >= 0.6 is 0 Å². The van der Waals surface area contributed by atoms with E-state index in [1.807, 2.05) is 13.0 Å². The average molecular weight is 189 g/mol. The van der Waals surface area contributed by atoms with E-state index in [0.29, 0.717) is 6.54 Å². The first-order valence-corrected chi connectivity index (χ1v) is 5.67. The minimum absolute atomic E-state index is 0.312. The van der Waals surface area contributed by atoms with E-state index in [1.54, 1.807) is 13.8 Å². The lowest BCUT2D eigenvalue weighted by atomic mass is 10.2. The van der Waals surface area contributed by atoms with Gasteiger partial charge in [0.25, 0.3) is 0 Å². The lowest BCUT2D eigenvalue weighted by molar-refractivity contribution is 0.384. The molecule has 12 heavy (non-hydrogen) atoms. The SMILES string of the molecule is C/C=C1\CCN1S(=O)(=O)C(C)C. The average Bonchev–Trinajstić information content (AvgIpc) is 1.84. The molecule has 0 spiro atoms. The van der Waals surface area contributed by atoms with E-state index in [-0.39, 0.29) is 5.25 Å². The first-order valence-electron chi connectivity index (χ1n) is 4.17. The summed E-state index contributed by atoms with van der Waals surface area (Å²) in [7, 11) is -3.04. The van der Waals surface area contributed by atoms with Crippen molar-refractivity contribution in [1.29, 1.82) is 0 Å². The highest BCUT2D eigenvalue weighted by Gasteiger charge is 2.32. The number of allylic oxidation sites excluding steroid dienone is 1. The fourth-order valence-corrected chi connectivity index (χ4v) is 2.54. The quantitative estimate of drug-likeness (QED) is 0.657. The summed E-state index contributed by atoms with van der Waals surface area (Å²) in [6.07, 6.45) is 2.76. The van der Waals surface area contributed by atoms with Crippen LogP contribution in [0.15, 0.2) is 11.8 Å². The maximum atomic E-state index is 11.6. The van der Waals surface area contributed by atoms with Crippen LogP contribution in [-0.4, -0.2) is 24.5 Å². The van der Waals surface area contributed by atoms with Crippen molar-refractivity contribution in [3.8, 4) is 0 Å². The van der Waals surface area contributed by atoms with Gasteiger partial charge in [-0.05, 0) is 20.8 Å². The van der Waals surface area contributed by atoms with Crippen molar-refractivity contribution in [3.63, 3.8) is 0 Å². The molecular formula is C8H15NO2S. The molecule has 70 valence electrons. The standard InChI is InChI=1S/C8H15NO2S/c1-4-8-5-6-9(8)12(10,11)7(2)3/h4,7H,5-6H2,1-3H3/b8-4+. The summed E-state index contributed by atoms with van der Waals surface area (Å²) in [5.74, 6) is 0. The number of rotatable bonds is 2. The Morgan fingerprint density at radius 2 is 2.08 bits per heavy atom. The molecule has 1 aliphatic rings. The number of hydrogen-bond donors (Lipinski definition) is 0. The molecule has 0 bridgehead atoms. The van der Waals surface area contributed by atoms with Crippen molar-refractivity contribution < 1.29 is 8.42 Å². The summed E-state index contributed by atoms with van der Waals surface area (Å²) < 4.78 is 24.6. The lowest BCUT2D eigenvalue weighted by Crippen LogP contribution is -2.43. The second-order valence-electron chi connectivity index (χ2n) is 3.20. The van der Waals surface area contributed by atoms with Gasteiger partial charge in [0.1, 0.15) is 0 Å². The van der Waals surface area contributed by atoms with Crippen molar-refractivity contribution in [1.82, 2.24) is 4.31 Å². The maximum Gasteiger partial charge on any atom is 0.237 e. The summed E-state index contributed by atoms with van der Waals surface area (Å²) in [5, 5.41) is -0.312. The van der Waals surface area contributed by atoms with Crippen molar-refractivity contribution >= 4 is 10.0 Å². The second-order valence-corrected chi connectivity index (χ2v) is 5.61. The molecule has 1 saturated heterocycles. The van der Waals surface area contributed by atoms with Gasteiger partial charge < -0.3 is 0 Å². The molecular weight excluding hydrogens is 174 g/mol. The van der Waals surface area contributed by atoms with Gasteiger partial charge in [-0.1, -0.05) is 6.08 Å². The Balaban J connectivity index is 2.85. The van der Waals surface area contributed by atoms with Crippen LogP contribution in [-0.2, 0) is 10.0 Å². The van der Waals surface area contributed by atoms with E-state index in [4.69, 9.17) is 0 Å². The van der Waals surface area contributed by atoms with Crippen molar-refractivity contribution in [2.75, 3.05) is 6.54 Å². The molecule has 1 heterocycles. The van der Waals surface area contributed by atoms with Crippen LogP contribution in [0.3, 0.4) is 0 Å². The van der Waals surface area contributed by atoms with Gasteiger partial charge in [0, 0.05) is 18.7 Å². The molecule has 0 amide bonds. The van der Waals surface area contributed by atoms with Crippen LogP contribution in [0.1, 0.15) is 27.2 Å². The Bertz CT molecular complexity index is 290. The maximum absolute atomic E-state index is 11.6. The van der Waals surface area contributed by atoms with E-state index in [0.717, 1.165) is 12.1 Å². The summed E-state index contributed by atoms with van der Waals surface area (Å²) in [4.78, 5) is 0. The fourth-order valence-electron chi connectivity index (χ4n) is 1.17. The predicted octanol–water partition coefficient (Wildman–Crippen LogP) is 1.33. The smallest absolute Gasteiger partial charge is 0.237 e. The molecule has 3 nitrogen and oxygen atoms in total. The Morgan fingerprint density at radius 1 is 1.50 bits per heavy atom. The molecule has 0 N–H and O–H groups in total. The highest BCUT2D eigenvalue weighted by molar-refractivity contribution is 7.89. The number of hydrogen-bond acceptors (Lipinski definition) is 2. The molecule has 0 aliphatic carbocycles. The van der Waals surface area contributed by atoms with Gasteiger partial charge in [-0.3, -0.25) is 4.31 Å². The van der Waals surface area contributed by atoms with Crippen LogP contribution < -0.4 is 0 Å². The third kappa shape index (κ3) is 1.35. The molecule has 0 saturated carbocycles. The molecule has 0 radical (unpaired) electrons.